The number of hydrogen-bond acceptors (Lipinski definition) is 2. The molecule has 3 rings (SSSR count). The second kappa shape index (κ2) is 5.45. The van der Waals surface area contributed by atoms with Crippen molar-refractivity contribution in [1.82, 2.24) is 19.9 Å². The van der Waals surface area contributed by atoms with Gasteiger partial charge in [-0.1, -0.05) is 0 Å². The molecule has 0 unspecified atom stereocenters. The summed E-state index contributed by atoms with van der Waals surface area (Å²) in [6.45, 7) is 0.209. The van der Waals surface area contributed by atoms with E-state index in [-0.39, 0.29) is 18.1 Å². The third-order valence-corrected chi connectivity index (χ3v) is 3.57. The topological polar surface area (TPSA) is 62.7 Å². The molecule has 2 N–H and O–H groups in total. The van der Waals surface area contributed by atoms with Crippen LogP contribution >= 0.6 is 0 Å². The highest BCUT2D eigenvalue weighted by molar-refractivity contribution is 5.98. The van der Waals surface area contributed by atoms with E-state index in [4.69, 9.17) is 0 Å². The van der Waals surface area contributed by atoms with Gasteiger partial charge in [-0.2, -0.15) is 13.2 Å². The molecular weight excluding hydrogens is 309 g/mol. The van der Waals surface area contributed by atoms with Gasteiger partial charge in [0.05, 0.1) is 12.1 Å². The van der Waals surface area contributed by atoms with Crippen molar-refractivity contribution in [3.63, 3.8) is 0 Å². The number of nitrogens with one attached hydrogen (secondary N) is 2. The fraction of sp³-hybridized carbons (Fsp3) is 0.200. The first-order valence-corrected chi connectivity index (χ1v) is 6.79. The smallest absolute Gasteiger partial charge is 0.347 e. The zero-order chi connectivity index (χ0) is 16.6. The Morgan fingerprint density at radius 1 is 1.35 bits per heavy atom. The molecular formula is C15H13F3N4O. The van der Waals surface area contributed by atoms with Gasteiger partial charge >= 0.3 is 6.18 Å². The number of aromatic nitrogens is 3. The monoisotopic (exact) mass is 322 g/mol. The summed E-state index contributed by atoms with van der Waals surface area (Å²) in [5.74, 6) is 0.213. The van der Waals surface area contributed by atoms with Crippen LogP contribution in [0.3, 0.4) is 0 Å². The minimum absolute atomic E-state index is 0.209. The Labute approximate surface area is 129 Å². The van der Waals surface area contributed by atoms with E-state index in [1.165, 1.54) is 12.1 Å². The highest BCUT2D eigenvalue weighted by atomic mass is 19.4. The van der Waals surface area contributed by atoms with Gasteiger partial charge in [0, 0.05) is 30.3 Å². The van der Waals surface area contributed by atoms with Crippen LogP contribution in [-0.2, 0) is 19.8 Å². The summed E-state index contributed by atoms with van der Waals surface area (Å²) in [4.78, 5) is 19.1. The van der Waals surface area contributed by atoms with E-state index in [1.54, 1.807) is 24.0 Å². The Kier molecular flexibility index (Phi) is 3.59. The summed E-state index contributed by atoms with van der Waals surface area (Å²) < 4.78 is 39.9. The Balaban J connectivity index is 1.88. The minimum Gasteiger partial charge on any atom is -0.347 e. The lowest BCUT2D eigenvalue weighted by molar-refractivity contribution is -0.137. The maximum atomic E-state index is 12.8. The Morgan fingerprint density at radius 3 is 2.78 bits per heavy atom. The molecule has 3 aromatic rings. The molecule has 0 bridgehead atoms. The number of aryl methyl sites for hydroxylation is 1. The van der Waals surface area contributed by atoms with Crippen LogP contribution in [0, 0.1) is 0 Å². The second-order valence-corrected chi connectivity index (χ2v) is 5.08. The van der Waals surface area contributed by atoms with Gasteiger partial charge in [-0.3, -0.25) is 4.79 Å². The first-order chi connectivity index (χ1) is 10.9. The van der Waals surface area contributed by atoms with Gasteiger partial charge in [0.15, 0.2) is 0 Å². The van der Waals surface area contributed by atoms with E-state index in [1.807, 2.05) is 0 Å². The fourth-order valence-corrected chi connectivity index (χ4v) is 2.39. The molecule has 0 aliphatic carbocycles. The summed E-state index contributed by atoms with van der Waals surface area (Å²) in [7, 11) is 1.64. The predicted molar refractivity (Wildman–Crippen MR) is 77.7 cm³/mol. The third-order valence-electron chi connectivity index (χ3n) is 3.57. The molecule has 8 heteroatoms. The van der Waals surface area contributed by atoms with Crippen LogP contribution in [0.2, 0.25) is 0 Å². The number of hydrogen-bond donors (Lipinski definition) is 2. The average Bonchev–Trinajstić information content (AvgIpc) is 3.12. The van der Waals surface area contributed by atoms with Crippen molar-refractivity contribution >= 4 is 16.8 Å². The van der Waals surface area contributed by atoms with Gasteiger partial charge in [0.2, 0.25) is 0 Å². The van der Waals surface area contributed by atoms with Crippen molar-refractivity contribution < 1.29 is 18.0 Å². The molecule has 2 heterocycles. The molecule has 0 radical (unpaired) electrons. The Hall–Kier alpha value is -2.77. The summed E-state index contributed by atoms with van der Waals surface area (Å²) in [5, 5.41) is 3.04. The second-order valence-electron chi connectivity index (χ2n) is 5.08. The summed E-state index contributed by atoms with van der Waals surface area (Å²) >= 11 is 0. The molecule has 0 aliphatic heterocycles. The van der Waals surface area contributed by atoms with Gasteiger partial charge in [-0.05, 0) is 24.3 Å². The molecule has 0 spiro atoms. The SMILES string of the molecule is Cn1c(C(=O)NCc2ncc[nH]2)cc2cc(C(F)(F)F)ccc21. The van der Waals surface area contributed by atoms with Crippen LogP contribution in [-0.4, -0.2) is 20.4 Å². The number of rotatable bonds is 3. The number of carbonyl (C=O) groups excluding carboxylic acids is 1. The summed E-state index contributed by atoms with van der Waals surface area (Å²) in [5.41, 5.74) is 0.102. The number of alkyl halides is 3. The maximum Gasteiger partial charge on any atom is 0.416 e. The molecule has 1 amide bonds. The van der Waals surface area contributed by atoms with Crippen molar-refractivity contribution in [2.45, 2.75) is 12.7 Å². The van der Waals surface area contributed by atoms with Crippen LogP contribution < -0.4 is 5.32 Å². The van der Waals surface area contributed by atoms with Crippen LogP contribution in [0.15, 0.2) is 36.7 Å². The van der Waals surface area contributed by atoms with Crippen molar-refractivity contribution in [1.29, 1.82) is 0 Å². The fourth-order valence-electron chi connectivity index (χ4n) is 2.39. The van der Waals surface area contributed by atoms with E-state index < -0.39 is 11.7 Å². The third kappa shape index (κ3) is 2.92. The molecule has 0 atom stereocenters. The van der Waals surface area contributed by atoms with E-state index in [0.29, 0.717) is 16.7 Å². The largest absolute Gasteiger partial charge is 0.416 e. The summed E-state index contributed by atoms with van der Waals surface area (Å²) in [6.07, 6.45) is -1.21. The lowest BCUT2D eigenvalue weighted by Crippen LogP contribution is -2.25. The number of benzene rings is 1. The molecule has 0 aliphatic rings. The van der Waals surface area contributed by atoms with Crippen molar-refractivity contribution in [3.05, 3.63) is 53.7 Å². The number of imidazole rings is 1. The predicted octanol–water partition coefficient (Wildman–Crippen LogP) is 2.85. The van der Waals surface area contributed by atoms with Gasteiger partial charge < -0.3 is 14.9 Å². The van der Waals surface area contributed by atoms with Crippen LogP contribution in [0.1, 0.15) is 21.9 Å². The maximum absolute atomic E-state index is 12.8. The molecule has 0 fully saturated rings. The highest BCUT2D eigenvalue weighted by Crippen LogP contribution is 2.32. The standard InChI is InChI=1S/C15H13F3N4O/c1-22-11-3-2-10(15(16,17)18)6-9(11)7-12(22)14(23)21-8-13-19-4-5-20-13/h2-7H,8H2,1H3,(H,19,20)(H,21,23). The van der Waals surface area contributed by atoms with Crippen molar-refractivity contribution in [3.8, 4) is 0 Å². The zero-order valence-electron chi connectivity index (χ0n) is 12.1. The lowest BCUT2D eigenvalue weighted by atomic mass is 10.1. The number of nitrogens with zero attached hydrogens (tertiary/aromatic N) is 2. The molecule has 120 valence electrons. The Morgan fingerprint density at radius 2 is 2.13 bits per heavy atom. The first-order valence-electron chi connectivity index (χ1n) is 6.79. The average molecular weight is 322 g/mol. The Bertz CT molecular complexity index is 850. The van der Waals surface area contributed by atoms with E-state index in [0.717, 1.165) is 12.1 Å². The van der Waals surface area contributed by atoms with E-state index >= 15 is 0 Å². The number of halogens is 3. The van der Waals surface area contributed by atoms with Crippen LogP contribution in [0.4, 0.5) is 13.2 Å². The van der Waals surface area contributed by atoms with Gasteiger partial charge in [-0.15, -0.1) is 0 Å². The van der Waals surface area contributed by atoms with Crippen molar-refractivity contribution in [2.75, 3.05) is 0 Å². The summed E-state index contributed by atoms with van der Waals surface area (Å²) in [6, 6.07) is 4.86. The lowest BCUT2D eigenvalue weighted by Gasteiger charge is -2.07. The number of H-pyrrole nitrogens is 1. The van der Waals surface area contributed by atoms with Gasteiger partial charge in [0.1, 0.15) is 11.5 Å². The van der Waals surface area contributed by atoms with Crippen LogP contribution in [0.25, 0.3) is 10.9 Å². The number of amides is 1. The quantitative estimate of drug-likeness (QED) is 0.779. The van der Waals surface area contributed by atoms with Crippen molar-refractivity contribution in [2.24, 2.45) is 7.05 Å². The molecule has 0 saturated heterocycles. The molecule has 23 heavy (non-hydrogen) atoms. The zero-order valence-corrected chi connectivity index (χ0v) is 12.1. The number of aromatic amines is 1. The van der Waals surface area contributed by atoms with Crippen LogP contribution in [0.5, 0.6) is 0 Å². The van der Waals surface area contributed by atoms with Gasteiger partial charge in [0.25, 0.3) is 5.91 Å². The van der Waals surface area contributed by atoms with Gasteiger partial charge in [-0.25, -0.2) is 4.98 Å². The minimum atomic E-state index is -4.41. The molecule has 5 nitrogen and oxygen atoms in total. The normalized spacial score (nSPS) is 11.8. The van der Waals surface area contributed by atoms with E-state index in [2.05, 4.69) is 15.3 Å². The molecule has 2 aromatic heterocycles. The van der Waals surface area contributed by atoms with E-state index in [9.17, 15) is 18.0 Å². The molecule has 1 aromatic carbocycles. The number of fused-ring (bicyclic) bond motifs is 1. The molecule has 0 saturated carbocycles. The number of carbonyl (C=O) groups is 1. The first kappa shape index (κ1) is 15.1. The highest BCUT2D eigenvalue weighted by Gasteiger charge is 2.30.